The topological polar surface area (TPSA) is 49.5 Å². The van der Waals surface area contributed by atoms with E-state index in [4.69, 9.17) is 23.1 Å². The first kappa shape index (κ1) is 22.3. The zero-order valence-corrected chi connectivity index (χ0v) is 18.4. The second-order valence-electron chi connectivity index (χ2n) is 7.58. The van der Waals surface area contributed by atoms with E-state index < -0.39 is 13.8 Å². The maximum atomic E-state index is 6.68. The van der Waals surface area contributed by atoms with Crippen molar-refractivity contribution in [3.05, 3.63) is 0 Å². The number of ether oxygens (including phenoxy) is 3. The summed E-state index contributed by atoms with van der Waals surface area (Å²) in [7, 11) is -2.57. The van der Waals surface area contributed by atoms with Crippen molar-refractivity contribution in [3.63, 3.8) is 0 Å². The molecule has 2 fully saturated rings. The molecule has 5 nitrogen and oxygen atoms in total. The van der Waals surface area contributed by atoms with Crippen molar-refractivity contribution in [2.75, 3.05) is 33.0 Å². The average Bonchev–Trinajstić information content (AvgIpc) is 3.49. The first-order chi connectivity index (χ1) is 12.7. The van der Waals surface area contributed by atoms with Crippen molar-refractivity contribution in [2.24, 2.45) is 0 Å². The Morgan fingerprint density at radius 1 is 1.00 bits per heavy atom. The van der Waals surface area contributed by atoms with Crippen molar-refractivity contribution < 1.29 is 23.1 Å². The standard InChI is InChI=1S/C20H40O5Si/c1-5-12-23-20(19(8-4)22-17-18-16-21-18)11-9-10-15-26(20,24-13-6-2)25-14-7-3/h18-19H,5-17H2,1-4H3. The largest absolute Gasteiger partial charge is 0.393 e. The highest BCUT2D eigenvalue weighted by molar-refractivity contribution is 6.71. The molecule has 6 heteroatoms. The van der Waals surface area contributed by atoms with Crippen LogP contribution in [-0.2, 0) is 23.1 Å². The van der Waals surface area contributed by atoms with Gasteiger partial charge >= 0.3 is 8.56 Å². The summed E-state index contributed by atoms with van der Waals surface area (Å²) >= 11 is 0. The smallest absolute Gasteiger partial charge is 0.374 e. The molecule has 0 aromatic carbocycles. The molecule has 0 N–H and O–H groups in total. The molecule has 0 amide bonds. The minimum Gasteiger partial charge on any atom is -0.393 e. The van der Waals surface area contributed by atoms with Crippen LogP contribution in [0.4, 0.5) is 0 Å². The van der Waals surface area contributed by atoms with Gasteiger partial charge in [0.1, 0.15) is 11.3 Å². The van der Waals surface area contributed by atoms with Crippen molar-refractivity contribution in [3.8, 4) is 0 Å². The molecule has 2 heterocycles. The number of hydrogen-bond acceptors (Lipinski definition) is 5. The van der Waals surface area contributed by atoms with Gasteiger partial charge < -0.3 is 23.1 Å². The molecule has 2 saturated heterocycles. The Morgan fingerprint density at radius 3 is 2.19 bits per heavy atom. The Hall–Kier alpha value is 0.0169. The summed E-state index contributed by atoms with van der Waals surface area (Å²) in [6, 6.07) is 1.01. The lowest BCUT2D eigenvalue weighted by Crippen LogP contribution is -2.71. The van der Waals surface area contributed by atoms with E-state index >= 15 is 0 Å². The van der Waals surface area contributed by atoms with Gasteiger partial charge in [0.15, 0.2) is 0 Å². The second kappa shape index (κ2) is 11.1. The molecule has 0 spiro atoms. The van der Waals surface area contributed by atoms with E-state index in [0.29, 0.717) is 6.61 Å². The van der Waals surface area contributed by atoms with Crippen LogP contribution < -0.4 is 0 Å². The van der Waals surface area contributed by atoms with Gasteiger partial charge in [0.05, 0.1) is 19.3 Å². The Labute approximate surface area is 161 Å². The van der Waals surface area contributed by atoms with Gasteiger partial charge in [-0.2, -0.15) is 0 Å². The normalized spacial score (nSPS) is 28.8. The average molecular weight is 389 g/mol. The van der Waals surface area contributed by atoms with Gasteiger partial charge in [-0.3, -0.25) is 0 Å². The number of rotatable bonds is 14. The minimum atomic E-state index is -2.57. The highest BCUT2D eigenvalue weighted by Crippen LogP contribution is 2.45. The number of hydrogen-bond donors (Lipinski definition) is 0. The van der Waals surface area contributed by atoms with Crippen LogP contribution in [0.2, 0.25) is 6.04 Å². The zero-order valence-electron chi connectivity index (χ0n) is 17.4. The molecule has 2 aliphatic heterocycles. The molecular weight excluding hydrogens is 348 g/mol. The predicted octanol–water partition coefficient (Wildman–Crippen LogP) is 4.36. The highest BCUT2D eigenvalue weighted by atomic mass is 28.4. The van der Waals surface area contributed by atoms with Crippen molar-refractivity contribution >= 4 is 8.56 Å². The third kappa shape index (κ3) is 5.30. The Bertz CT molecular complexity index is 382. The van der Waals surface area contributed by atoms with Gasteiger partial charge in [-0.15, -0.1) is 0 Å². The van der Waals surface area contributed by atoms with Crippen LogP contribution in [0, 0.1) is 0 Å². The van der Waals surface area contributed by atoms with Gasteiger partial charge in [-0.05, 0) is 38.1 Å². The summed E-state index contributed by atoms with van der Waals surface area (Å²) in [5.41, 5.74) is 0. The van der Waals surface area contributed by atoms with E-state index in [-0.39, 0.29) is 12.2 Å². The van der Waals surface area contributed by atoms with Crippen LogP contribution in [0.5, 0.6) is 0 Å². The van der Waals surface area contributed by atoms with Crippen LogP contribution in [0.3, 0.4) is 0 Å². The summed E-state index contributed by atoms with van der Waals surface area (Å²) in [4.78, 5) is 0. The van der Waals surface area contributed by atoms with Gasteiger partial charge in [0.25, 0.3) is 0 Å². The molecule has 26 heavy (non-hydrogen) atoms. The van der Waals surface area contributed by atoms with Crippen LogP contribution >= 0.6 is 0 Å². The zero-order chi connectivity index (χ0) is 18.9. The summed E-state index contributed by atoms with van der Waals surface area (Å²) in [6.45, 7) is 12.4. The van der Waals surface area contributed by atoms with E-state index in [2.05, 4.69) is 27.7 Å². The molecule has 0 aliphatic carbocycles. The van der Waals surface area contributed by atoms with Crippen LogP contribution in [0.15, 0.2) is 0 Å². The van der Waals surface area contributed by atoms with E-state index in [1.165, 1.54) is 6.42 Å². The summed E-state index contributed by atoms with van der Waals surface area (Å²) in [5, 5.41) is -0.407. The first-order valence-electron chi connectivity index (χ1n) is 10.8. The van der Waals surface area contributed by atoms with Crippen LogP contribution in [0.25, 0.3) is 0 Å². The monoisotopic (exact) mass is 388 g/mol. The van der Waals surface area contributed by atoms with Crippen molar-refractivity contribution in [1.82, 2.24) is 0 Å². The Morgan fingerprint density at radius 2 is 1.65 bits per heavy atom. The van der Waals surface area contributed by atoms with E-state index in [0.717, 1.165) is 71.0 Å². The second-order valence-corrected chi connectivity index (χ2v) is 11.0. The molecular formula is C20H40O5Si. The minimum absolute atomic E-state index is 0.0129. The van der Waals surface area contributed by atoms with Gasteiger partial charge in [0, 0.05) is 19.8 Å². The molecule has 2 aliphatic rings. The molecule has 154 valence electrons. The van der Waals surface area contributed by atoms with E-state index in [1.54, 1.807) is 0 Å². The fourth-order valence-electron chi connectivity index (χ4n) is 4.05. The molecule has 0 aromatic heterocycles. The summed E-state index contributed by atoms with van der Waals surface area (Å²) in [6.07, 6.45) is 7.49. The highest BCUT2D eigenvalue weighted by Gasteiger charge is 2.64. The maximum Gasteiger partial charge on any atom is 0.374 e. The molecule has 0 saturated carbocycles. The van der Waals surface area contributed by atoms with Gasteiger partial charge in [0.2, 0.25) is 0 Å². The third-order valence-corrected chi connectivity index (χ3v) is 9.73. The van der Waals surface area contributed by atoms with E-state index in [1.807, 2.05) is 0 Å². The third-order valence-electron chi connectivity index (χ3n) is 5.37. The molecule has 0 bridgehead atoms. The SMILES string of the molecule is CCCOC1(C(CC)OCC2CO2)CCCC[Si]1(OCCC)OCCC. The summed E-state index contributed by atoms with van der Waals surface area (Å²) < 4.78 is 31.7. The summed E-state index contributed by atoms with van der Waals surface area (Å²) in [5.74, 6) is 0. The molecule has 3 atom stereocenters. The van der Waals surface area contributed by atoms with Crippen LogP contribution in [0.1, 0.15) is 72.6 Å². The van der Waals surface area contributed by atoms with Crippen molar-refractivity contribution in [1.29, 1.82) is 0 Å². The quantitative estimate of drug-likeness (QED) is 0.327. The lowest BCUT2D eigenvalue weighted by Gasteiger charge is -2.52. The van der Waals surface area contributed by atoms with Gasteiger partial charge in [-0.25, -0.2) is 0 Å². The molecule has 0 radical (unpaired) electrons. The van der Waals surface area contributed by atoms with E-state index in [9.17, 15) is 0 Å². The van der Waals surface area contributed by atoms with Crippen LogP contribution in [-0.4, -0.2) is 59.0 Å². The van der Waals surface area contributed by atoms with Crippen molar-refractivity contribution in [2.45, 2.75) is 96.1 Å². The maximum absolute atomic E-state index is 6.68. The predicted molar refractivity (Wildman–Crippen MR) is 106 cm³/mol. The lowest BCUT2D eigenvalue weighted by molar-refractivity contribution is -0.139. The lowest BCUT2D eigenvalue weighted by atomic mass is 10.0. The Balaban J connectivity index is 2.31. The van der Waals surface area contributed by atoms with Gasteiger partial charge in [-0.1, -0.05) is 40.5 Å². The number of epoxide rings is 1. The molecule has 3 unspecified atom stereocenters. The fourth-order valence-corrected chi connectivity index (χ4v) is 8.77. The molecule has 0 aromatic rings. The first-order valence-corrected chi connectivity index (χ1v) is 12.8. The Kier molecular flexibility index (Phi) is 9.54. The molecule has 2 rings (SSSR count). The fraction of sp³-hybridized carbons (Fsp3) is 1.00.